The predicted octanol–water partition coefficient (Wildman–Crippen LogP) is 24.9. The third kappa shape index (κ3) is 69.3. The number of allylic oxidation sites excluding steroid dienone is 4. The Hall–Kier alpha value is -1.66. The lowest BCUT2D eigenvalue weighted by Gasteiger charge is -2.22. The van der Waals surface area contributed by atoms with Crippen LogP contribution in [0, 0.1) is 0 Å². The minimum atomic E-state index is -0.661. The van der Waals surface area contributed by atoms with Crippen LogP contribution < -0.4 is 5.32 Å². The summed E-state index contributed by atoms with van der Waals surface area (Å²) in [6.07, 6.45) is 92.6. The number of hydrogen-bond acceptors (Lipinski definition) is 5. The summed E-state index contributed by atoms with van der Waals surface area (Å²) in [5.41, 5.74) is 0. The van der Waals surface area contributed by atoms with Crippen LogP contribution in [-0.2, 0) is 14.3 Å². The highest BCUT2D eigenvalue weighted by Crippen LogP contribution is 2.20. The SMILES string of the molecule is CCCCCC/C=C\C/C=C\CCCCCCCCCC(=O)OCCCCCCCCCCCCCCCCCCCCCCCCCCCCCCCCCCC(=O)NC(CO)C(O)CCCCCCCCCCCCCCCCCC. The molecule has 0 aromatic heterocycles. The van der Waals surface area contributed by atoms with Gasteiger partial charge in [-0.3, -0.25) is 9.59 Å². The van der Waals surface area contributed by atoms with Crippen molar-refractivity contribution in [1.82, 2.24) is 5.32 Å². The highest BCUT2D eigenvalue weighted by atomic mass is 16.5. The fraction of sp³-hybridized carbons (Fsp3) is 0.922. The van der Waals surface area contributed by atoms with E-state index in [0.29, 0.717) is 25.9 Å². The fourth-order valence-corrected chi connectivity index (χ4v) is 12.2. The van der Waals surface area contributed by atoms with Gasteiger partial charge in [-0.15, -0.1) is 0 Å². The highest BCUT2D eigenvalue weighted by Gasteiger charge is 2.20. The van der Waals surface area contributed by atoms with Gasteiger partial charge in [0, 0.05) is 12.8 Å². The Morgan fingerprint density at radius 3 is 0.928 bits per heavy atom. The minimum Gasteiger partial charge on any atom is -0.466 e. The number of unbranched alkanes of at least 4 members (excludes halogenated alkanes) is 57. The number of ether oxygens (including phenoxy) is 1. The van der Waals surface area contributed by atoms with Crippen molar-refractivity contribution in [2.75, 3.05) is 13.2 Å². The summed E-state index contributed by atoms with van der Waals surface area (Å²) in [7, 11) is 0. The summed E-state index contributed by atoms with van der Waals surface area (Å²) in [5.74, 6) is -0.0120. The first-order chi connectivity index (χ1) is 41.0. The zero-order chi connectivity index (χ0) is 59.9. The summed E-state index contributed by atoms with van der Waals surface area (Å²) in [5, 5.41) is 23.4. The van der Waals surface area contributed by atoms with Crippen molar-refractivity contribution < 1.29 is 24.5 Å². The topological polar surface area (TPSA) is 95.9 Å². The molecule has 0 bridgehead atoms. The number of aliphatic hydroxyl groups is 2. The molecule has 83 heavy (non-hydrogen) atoms. The van der Waals surface area contributed by atoms with Gasteiger partial charge < -0.3 is 20.3 Å². The van der Waals surface area contributed by atoms with Gasteiger partial charge in [-0.1, -0.05) is 385 Å². The van der Waals surface area contributed by atoms with Crippen molar-refractivity contribution in [3.8, 4) is 0 Å². The Morgan fingerprint density at radius 1 is 0.337 bits per heavy atom. The van der Waals surface area contributed by atoms with Crippen molar-refractivity contribution in [3.63, 3.8) is 0 Å². The molecule has 0 aliphatic heterocycles. The van der Waals surface area contributed by atoms with Crippen molar-refractivity contribution in [3.05, 3.63) is 24.3 Å². The molecule has 6 heteroatoms. The molecule has 0 aromatic rings. The second-order valence-electron chi connectivity index (χ2n) is 26.3. The molecule has 0 fully saturated rings. The van der Waals surface area contributed by atoms with E-state index in [1.807, 2.05) is 0 Å². The number of hydrogen-bond donors (Lipinski definition) is 3. The van der Waals surface area contributed by atoms with E-state index in [1.165, 1.54) is 347 Å². The number of rotatable bonds is 72. The normalized spacial score (nSPS) is 12.6. The van der Waals surface area contributed by atoms with Gasteiger partial charge >= 0.3 is 5.97 Å². The quantitative estimate of drug-likeness (QED) is 0.0320. The van der Waals surface area contributed by atoms with Crippen LogP contribution in [-0.4, -0.2) is 47.4 Å². The van der Waals surface area contributed by atoms with E-state index in [2.05, 4.69) is 43.5 Å². The number of aliphatic hydroxyl groups excluding tert-OH is 2. The maximum atomic E-state index is 12.5. The van der Waals surface area contributed by atoms with Crippen LogP contribution in [0.15, 0.2) is 24.3 Å². The molecule has 492 valence electrons. The highest BCUT2D eigenvalue weighted by molar-refractivity contribution is 5.76. The third-order valence-electron chi connectivity index (χ3n) is 18.0. The average Bonchev–Trinajstić information content (AvgIpc) is 3.49. The van der Waals surface area contributed by atoms with E-state index in [-0.39, 0.29) is 18.5 Å². The number of nitrogens with one attached hydrogen (secondary N) is 1. The van der Waals surface area contributed by atoms with Crippen LogP contribution in [0.2, 0.25) is 0 Å². The molecule has 6 nitrogen and oxygen atoms in total. The first-order valence-corrected chi connectivity index (χ1v) is 38.1. The summed E-state index contributed by atoms with van der Waals surface area (Å²) in [6, 6.07) is -0.538. The molecule has 1 amide bonds. The van der Waals surface area contributed by atoms with Gasteiger partial charge in [-0.05, 0) is 57.8 Å². The van der Waals surface area contributed by atoms with Crippen molar-refractivity contribution in [1.29, 1.82) is 0 Å². The lowest BCUT2D eigenvalue weighted by molar-refractivity contribution is -0.143. The van der Waals surface area contributed by atoms with Crippen molar-refractivity contribution in [2.24, 2.45) is 0 Å². The largest absolute Gasteiger partial charge is 0.466 e. The van der Waals surface area contributed by atoms with Gasteiger partial charge in [0.2, 0.25) is 5.91 Å². The summed E-state index contributed by atoms with van der Waals surface area (Å²) in [6.45, 7) is 4.98. The molecule has 0 radical (unpaired) electrons. The number of amides is 1. The molecule has 0 saturated heterocycles. The maximum Gasteiger partial charge on any atom is 0.305 e. The Morgan fingerprint density at radius 2 is 0.602 bits per heavy atom. The second kappa shape index (κ2) is 72.8. The fourth-order valence-electron chi connectivity index (χ4n) is 12.2. The minimum absolute atomic E-state index is 0.0147. The molecule has 0 heterocycles. The van der Waals surface area contributed by atoms with E-state index in [9.17, 15) is 19.8 Å². The van der Waals surface area contributed by atoms with Crippen LogP contribution >= 0.6 is 0 Å². The molecular weight excluding hydrogens is 1020 g/mol. The molecule has 0 aliphatic carbocycles. The average molecular weight is 1170 g/mol. The smallest absolute Gasteiger partial charge is 0.305 e. The summed E-state index contributed by atoms with van der Waals surface area (Å²) < 4.78 is 5.51. The van der Waals surface area contributed by atoms with Gasteiger partial charge in [-0.25, -0.2) is 0 Å². The zero-order valence-electron chi connectivity index (χ0n) is 56.5. The molecule has 0 aromatic carbocycles. The van der Waals surface area contributed by atoms with Crippen molar-refractivity contribution >= 4 is 11.9 Å². The first kappa shape index (κ1) is 81.3. The Balaban J connectivity index is 3.31. The molecule has 2 unspecified atom stereocenters. The molecule has 3 N–H and O–H groups in total. The summed E-state index contributed by atoms with van der Waals surface area (Å²) >= 11 is 0. The Bertz CT molecular complexity index is 1300. The van der Waals surface area contributed by atoms with E-state index in [0.717, 1.165) is 51.4 Å². The van der Waals surface area contributed by atoms with Crippen LogP contribution in [0.25, 0.3) is 0 Å². The lowest BCUT2D eigenvalue weighted by atomic mass is 10.0. The maximum absolute atomic E-state index is 12.5. The number of esters is 1. The van der Waals surface area contributed by atoms with Gasteiger partial charge in [0.1, 0.15) is 0 Å². The number of carbonyl (C=O) groups excluding carboxylic acids is 2. The van der Waals surface area contributed by atoms with Crippen LogP contribution in [0.3, 0.4) is 0 Å². The van der Waals surface area contributed by atoms with Crippen LogP contribution in [0.1, 0.15) is 431 Å². The molecule has 2 atom stereocenters. The first-order valence-electron chi connectivity index (χ1n) is 38.1. The lowest BCUT2D eigenvalue weighted by Crippen LogP contribution is -2.45. The molecule has 0 rings (SSSR count). The van der Waals surface area contributed by atoms with E-state index in [1.54, 1.807) is 0 Å². The Kier molecular flexibility index (Phi) is 71.4. The molecule has 0 aliphatic rings. The van der Waals surface area contributed by atoms with Gasteiger partial charge in [0.05, 0.1) is 25.4 Å². The van der Waals surface area contributed by atoms with Crippen molar-refractivity contribution in [2.45, 2.75) is 443 Å². The monoisotopic (exact) mass is 1170 g/mol. The van der Waals surface area contributed by atoms with Gasteiger partial charge in [0.15, 0.2) is 0 Å². The van der Waals surface area contributed by atoms with Crippen LogP contribution in [0.5, 0.6) is 0 Å². The number of carbonyl (C=O) groups is 2. The molecule has 0 saturated carbocycles. The zero-order valence-corrected chi connectivity index (χ0v) is 56.5. The van der Waals surface area contributed by atoms with E-state index >= 15 is 0 Å². The molecular formula is C77H149NO5. The third-order valence-corrected chi connectivity index (χ3v) is 18.0. The predicted molar refractivity (Wildman–Crippen MR) is 366 cm³/mol. The van der Waals surface area contributed by atoms with Crippen LogP contribution in [0.4, 0.5) is 0 Å². The second-order valence-corrected chi connectivity index (χ2v) is 26.3. The Labute approximate surface area is 520 Å². The standard InChI is InChI=1S/C77H149NO5/c1-3-5-7-9-11-13-15-17-19-21-39-43-47-51-55-59-63-67-71-77(82)83-72-68-64-60-56-52-48-44-40-37-35-33-31-29-27-25-23-22-24-26-28-30-32-34-36-38-42-46-50-54-58-62-66-70-76(81)78-74(73-79)75(80)69-65-61-57-53-49-45-41-20-18-16-14-12-10-8-6-4-2/h13,15,19,21,74-75,79-80H,3-12,14,16-18,20,22-73H2,1-2H3,(H,78,81)/b15-13-,21-19-. The van der Waals surface area contributed by atoms with Gasteiger partial charge in [0.25, 0.3) is 0 Å². The van der Waals surface area contributed by atoms with E-state index in [4.69, 9.17) is 4.74 Å². The van der Waals surface area contributed by atoms with Gasteiger partial charge in [-0.2, -0.15) is 0 Å². The summed E-state index contributed by atoms with van der Waals surface area (Å²) in [4.78, 5) is 24.6. The molecule has 0 spiro atoms. The van der Waals surface area contributed by atoms with E-state index < -0.39 is 12.1 Å².